The van der Waals surface area contributed by atoms with Gasteiger partial charge >= 0.3 is 0 Å². The van der Waals surface area contributed by atoms with E-state index < -0.39 is 0 Å². The third kappa shape index (κ3) is 3.32. The maximum atomic E-state index is 6.23. The van der Waals surface area contributed by atoms with Gasteiger partial charge in [0.1, 0.15) is 0 Å². The summed E-state index contributed by atoms with van der Waals surface area (Å²) in [6.07, 6.45) is 6.70. The van der Waals surface area contributed by atoms with Crippen LogP contribution in [0.1, 0.15) is 39.0 Å². The van der Waals surface area contributed by atoms with Crippen molar-refractivity contribution >= 4 is 29.1 Å². The number of rotatable bonds is 3. The van der Waals surface area contributed by atoms with Gasteiger partial charge in [0.25, 0.3) is 0 Å². The minimum Gasteiger partial charge on any atom is -0.399 e. The highest BCUT2D eigenvalue weighted by molar-refractivity contribution is 8.00. The minimum absolute atomic E-state index is 0.716. The maximum absolute atomic E-state index is 6.23. The standard InChI is InChI=1S/C14H20ClNS/c1-2-10-5-3-4-6-13(10)17-14-9-11(16)7-8-12(14)15/h7-10,13H,2-6,16H2,1H3. The SMILES string of the molecule is CCC1CCCCC1Sc1cc(N)ccc1Cl. The van der Waals surface area contributed by atoms with Crippen molar-refractivity contribution in [2.75, 3.05) is 5.73 Å². The molecule has 1 aromatic carbocycles. The van der Waals surface area contributed by atoms with Crippen LogP contribution in [-0.4, -0.2) is 5.25 Å². The molecule has 0 radical (unpaired) electrons. The van der Waals surface area contributed by atoms with E-state index in [-0.39, 0.29) is 0 Å². The second-order valence-corrected chi connectivity index (χ2v) is 6.49. The molecule has 0 heterocycles. The number of halogens is 1. The Morgan fingerprint density at radius 3 is 2.88 bits per heavy atom. The first-order chi connectivity index (χ1) is 8.20. The van der Waals surface area contributed by atoms with E-state index in [9.17, 15) is 0 Å². The van der Waals surface area contributed by atoms with Crippen LogP contribution in [0.4, 0.5) is 5.69 Å². The van der Waals surface area contributed by atoms with Crippen molar-refractivity contribution in [3.8, 4) is 0 Å². The van der Waals surface area contributed by atoms with Crippen LogP contribution in [-0.2, 0) is 0 Å². The molecule has 17 heavy (non-hydrogen) atoms. The predicted molar refractivity (Wildman–Crippen MR) is 77.8 cm³/mol. The highest BCUT2D eigenvalue weighted by Crippen LogP contribution is 2.41. The molecule has 0 aliphatic heterocycles. The molecule has 2 N–H and O–H groups in total. The molecule has 1 fully saturated rings. The van der Waals surface area contributed by atoms with Crippen molar-refractivity contribution in [2.45, 2.75) is 49.2 Å². The zero-order chi connectivity index (χ0) is 12.3. The summed E-state index contributed by atoms with van der Waals surface area (Å²) in [5.74, 6) is 0.839. The summed E-state index contributed by atoms with van der Waals surface area (Å²) in [4.78, 5) is 1.15. The number of hydrogen-bond acceptors (Lipinski definition) is 2. The molecule has 0 amide bonds. The first-order valence-electron chi connectivity index (χ1n) is 6.42. The molecule has 1 nitrogen and oxygen atoms in total. The lowest BCUT2D eigenvalue weighted by Crippen LogP contribution is -2.21. The summed E-state index contributed by atoms with van der Waals surface area (Å²) in [6, 6.07) is 5.78. The lowest BCUT2D eigenvalue weighted by Gasteiger charge is -2.30. The highest BCUT2D eigenvalue weighted by atomic mass is 35.5. The number of hydrogen-bond donors (Lipinski definition) is 1. The normalized spacial score (nSPS) is 24.8. The lowest BCUT2D eigenvalue weighted by atomic mass is 9.87. The van der Waals surface area contributed by atoms with E-state index in [4.69, 9.17) is 17.3 Å². The molecular weight excluding hydrogens is 250 g/mol. The number of nitrogen functional groups attached to an aromatic ring is 1. The van der Waals surface area contributed by atoms with Gasteiger partial charge in [0.15, 0.2) is 0 Å². The van der Waals surface area contributed by atoms with Crippen LogP contribution in [0.3, 0.4) is 0 Å². The molecule has 0 bridgehead atoms. The third-order valence-corrected chi connectivity index (χ3v) is 5.55. The Kier molecular flexibility index (Phi) is 4.63. The van der Waals surface area contributed by atoms with E-state index in [1.165, 1.54) is 32.1 Å². The van der Waals surface area contributed by atoms with Gasteiger partial charge in [-0.25, -0.2) is 0 Å². The van der Waals surface area contributed by atoms with Gasteiger partial charge in [0, 0.05) is 15.8 Å². The molecule has 94 valence electrons. The van der Waals surface area contributed by atoms with E-state index in [1.54, 1.807) is 0 Å². The Balaban J connectivity index is 2.10. The third-order valence-electron chi connectivity index (χ3n) is 3.60. The second-order valence-electron chi connectivity index (χ2n) is 4.80. The van der Waals surface area contributed by atoms with Crippen molar-refractivity contribution in [1.82, 2.24) is 0 Å². The average Bonchev–Trinajstić information content (AvgIpc) is 2.34. The number of nitrogens with two attached hydrogens (primary N) is 1. The quantitative estimate of drug-likeness (QED) is 0.783. The van der Waals surface area contributed by atoms with Gasteiger partial charge in [-0.15, -0.1) is 11.8 Å². The summed E-state index contributed by atoms with van der Waals surface area (Å²) in [7, 11) is 0. The van der Waals surface area contributed by atoms with Gasteiger partial charge in [0.2, 0.25) is 0 Å². The lowest BCUT2D eigenvalue weighted by molar-refractivity contribution is 0.361. The Bertz CT molecular complexity index is 380. The second kappa shape index (κ2) is 6.01. The van der Waals surface area contributed by atoms with Crippen LogP contribution in [0, 0.1) is 5.92 Å². The molecule has 3 heteroatoms. The summed E-state index contributed by atoms with van der Waals surface area (Å²) in [5, 5.41) is 1.55. The van der Waals surface area contributed by atoms with Crippen molar-refractivity contribution in [1.29, 1.82) is 0 Å². The molecular formula is C14H20ClNS. The summed E-state index contributed by atoms with van der Waals surface area (Å²) < 4.78 is 0. The van der Waals surface area contributed by atoms with Crippen molar-refractivity contribution in [3.05, 3.63) is 23.2 Å². The fourth-order valence-corrected chi connectivity index (χ4v) is 4.34. The van der Waals surface area contributed by atoms with Crippen LogP contribution in [0.5, 0.6) is 0 Å². The molecule has 2 atom stereocenters. The Hall–Kier alpha value is -0.340. The van der Waals surface area contributed by atoms with Crippen molar-refractivity contribution in [2.24, 2.45) is 5.92 Å². The smallest absolute Gasteiger partial charge is 0.0543 e. The topological polar surface area (TPSA) is 26.0 Å². The Labute approximate surface area is 113 Å². The summed E-state index contributed by atoms with van der Waals surface area (Å²) in [5.41, 5.74) is 6.63. The highest BCUT2D eigenvalue weighted by Gasteiger charge is 2.25. The van der Waals surface area contributed by atoms with E-state index >= 15 is 0 Å². The van der Waals surface area contributed by atoms with E-state index in [0.717, 1.165) is 21.5 Å². The minimum atomic E-state index is 0.716. The first kappa shape index (κ1) is 13.1. The fourth-order valence-electron chi connectivity index (χ4n) is 2.57. The number of thioether (sulfide) groups is 1. The molecule has 1 aromatic rings. The Morgan fingerprint density at radius 2 is 2.12 bits per heavy atom. The number of benzene rings is 1. The van der Waals surface area contributed by atoms with Crippen molar-refractivity contribution < 1.29 is 0 Å². The van der Waals surface area contributed by atoms with Crippen LogP contribution >= 0.6 is 23.4 Å². The average molecular weight is 270 g/mol. The predicted octanol–water partition coefficient (Wildman–Crippen LogP) is 4.98. The van der Waals surface area contributed by atoms with E-state index in [0.29, 0.717) is 5.25 Å². The van der Waals surface area contributed by atoms with Gasteiger partial charge < -0.3 is 5.73 Å². The van der Waals surface area contributed by atoms with Gasteiger partial charge in [-0.2, -0.15) is 0 Å². The zero-order valence-electron chi connectivity index (χ0n) is 10.3. The van der Waals surface area contributed by atoms with Gasteiger partial charge in [0.05, 0.1) is 5.02 Å². The Morgan fingerprint density at radius 1 is 1.35 bits per heavy atom. The fraction of sp³-hybridized carbons (Fsp3) is 0.571. The molecule has 1 aliphatic rings. The zero-order valence-corrected chi connectivity index (χ0v) is 11.9. The van der Waals surface area contributed by atoms with Gasteiger partial charge in [-0.05, 0) is 37.0 Å². The number of anilines is 1. The van der Waals surface area contributed by atoms with Gasteiger partial charge in [-0.3, -0.25) is 0 Å². The molecule has 1 aliphatic carbocycles. The van der Waals surface area contributed by atoms with Crippen LogP contribution in [0.25, 0.3) is 0 Å². The molecule has 0 aromatic heterocycles. The molecule has 1 saturated carbocycles. The van der Waals surface area contributed by atoms with Crippen LogP contribution in [0.15, 0.2) is 23.1 Å². The molecule has 2 unspecified atom stereocenters. The van der Waals surface area contributed by atoms with Crippen LogP contribution < -0.4 is 5.73 Å². The van der Waals surface area contributed by atoms with Crippen molar-refractivity contribution in [3.63, 3.8) is 0 Å². The molecule has 2 rings (SSSR count). The molecule has 0 spiro atoms. The largest absolute Gasteiger partial charge is 0.399 e. The van der Waals surface area contributed by atoms with Crippen LogP contribution in [0.2, 0.25) is 5.02 Å². The monoisotopic (exact) mass is 269 g/mol. The van der Waals surface area contributed by atoms with E-state index in [2.05, 4.69) is 6.92 Å². The summed E-state index contributed by atoms with van der Waals surface area (Å²) >= 11 is 8.16. The summed E-state index contributed by atoms with van der Waals surface area (Å²) in [6.45, 7) is 2.30. The maximum Gasteiger partial charge on any atom is 0.0543 e. The first-order valence-corrected chi connectivity index (χ1v) is 7.68. The molecule has 0 saturated heterocycles. The van der Waals surface area contributed by atoms with E-state index in [1.807, 2.05) is 30.0 Å². The van der Waals surface area contributed by atoms with Gasteiger partial charge in [-0.1, -0.05) is 37.8 Å².